The van der Waals surface area contributed by atoms with E-state index in [1.807, 2.05) is 51.1 Å². The summed E-state index contributed by atoms with van der Waals surface area (Å²) in [6.45, 7) is 8.67. The van der Waals surface area contributed by atoms with Crippen LogP contribution in [0.4, 0.5) is 0 Å². The second-order valence-corrected chi connectivity index (χ2v) is 10.1. The second kappa shape index (κ2) is 9.05. The molecule has 1 fully saturated rings. The van der Waals surface area contributed by atoms with Gasteiger partial charge < -0.3 is 9.15 Å². The third-order valence-corrected chi connectivity index (χ3v) is 7.95. The first kappa shape index (κ1) is 22.5. The summed E-state index contributed by atoms with van der Waals surface area (Å²) < 4.78 is 38.8. The highest BCUT2D eigenvalue weighted by Crippen LogP contribution is 2.25. The van der Waals surface area contributed by atoms with E-state index >= 15 is 0 Å². The quantitative estimate of drug-likeness (QED) is 0.563. The van der Waals surface area contributed by atoms with Gasteiger partial charge in [-0.25, -0.2) is 13.4 Å². The van der Waals surface area contributed by atoms with Crippen LogP contribution in [0.25, 0.3) is 11.5 Å². The second-order valence-electron chi connectivity index (χ2n) is 8.18. The predicted molar refractivity (Wildman–Crippen MR) is 123 cm³/mol. The molecule has 3 aromatic rings. The third kappa shape index (κ3) is 4.57. The number of methoxy groups -OCH3 is 1. The minimum Gasteiger partial charge on any atom is -0.497 e. The Labute approximate surface area is 189 Å². The summed E-state index contributed by atoms with van der Waals surface area (Å²) in [5, 5.41) is 0. The Morgan fingerprint density at radius 2 is 1.66 bits per heavy atom. The summed E-state index contributed by atoms with van der Waals surface area (Å²) in [6.07, 6.45) is 0. The van der Waals surface area contributed by atoms with Crippen LogP contribution in [0.3, 0.4) is 0 Å². The molecule has 0 amide bonds. The molecular weight excluding hydrogens is 426 g/mol. The number of rotatable bonds is 6. The topological polar surface area (TPSA) is 75.9 Å². The van der Waals surface area contributed by atoms with Gasteiger partial charge in [0.1, 0.15) is 11.5 Å². The fourth-order valence-electron chi connectivity index (χ4n) is 3.80. The van der Waals surface area contributed by atoms with Crippen LogP contribution >= 0.6 is 0 Å². The maximum absolute atomic E-state index is 13.0. The van der Waals surface area contributed by atoms with E-state index in [0.29, 0.717) is 43.5 Å². The summed E-state index contributed by atoms with van der Waals surface area (Å²) in [7, 11) is -1.85. The lowest BCUT2D eigenvalue weighted by Crippen LogP contribution is -2.48. The molecule has 1 aliphatic rings. The lowest BCUT2D eigenvalue weighted by Gasteiger charge is -2.33. The van der Waals surface area contributed by atoms with Gasteiger partial charge in [-0.15, -0.1) is 0 Å². The normalized spacial score (nSPS) is 15.8. The molecule has 2 aromatic carbocycles. The van der Waals surface area contributed by atoms with Crippen LogP contribution in [0.1, 0.15) is 22.6 Å². The predicted octanol–water partition coefficient (Wildman–Crippen LogP) is 3.78. The van der Waals surface area contributed by atoms with E-state index in [1.54, 1.807) is 23.5 Å². The molecule has 0 atom stereocenters. The summed E-state index contributed by atoms with van der Waals surface area (Å²) in [4.78, 5) is 7.27. The number of hydrogen-bond donors (Lipinski definition) is 0. The monoisotopic (exact) mass is 455 g/mol. The van der Waals surface area contributed by atoms with E-state index < -0.39 is 10.0 Å². The number of piperazine rings is 1. The highest BCUT2D eigenvalue weighted by Gasteiger charge is 2.29. The Balaban J connectivity index is 1.41. The SMILES string of the molecule is COc1ccc(-c2nc(CN3CCN(S(=O)(=O)c4ccc(C)c(C)c4)CC3)c(C)o2)cc1. The van der Waals surface area contributed by atoms with Gasteiger partial charge in [-0.2, -0.15) is 4.31 Å². The van der Waals surface area contributed by atoms with Crippen molar-refractivity contribution in [1.29, 1.82) is 0 Å². The summed E-state index contributed by atoms with van der Waals surface area (Å²) >= 11 is 0. The van der Waals surface area contributed by atoms with Crippen LogP contribution in [-0.2, 0) is 16.6 Å². The van der Waals surface area contributed by atoms with Crippen LogP contribution in [0.2, 0.25) is 0 Å². The van der Waals surface area contributed by atoms with Crippen molar-refractivity contribution in [3.8, 4) is 17.2 Å². The first-order chi connectivity index (χ1) is 15.3. The first-order valence-electron chi connectivity index (χ1n) is 10.7. The molecule has 0 radical (unpaired) electrons. The Morgan fingerprint density at radius 1 is 0.969 bits per heavy atom. The summed E-state index contributed by atoms with van der Waals surface area (Å²) in [5.41, 5.74) is 3.84. The number of aromatic nitrogens is 1. The molecule has 0 aliphatic carbocycles. The fourth-order valence-corrected chi connectivity index (χ4v) is 5.30. The minimum absolute atomic E-state index is 0.366. The highest BCUT2D eigenvalue weighted by atomic mass is 32.2. The van der Waals surface area contributed by atoms with Crippen molar-refractivity contribution >= 4 is 10.0 Å². The number of nitrogens with zero attached hydrogens (tertiary/aromatic N) is 3. The van der Waals surface area contributed by atoms with Gasteiger partial charge in [-0.1, -0.05) is 6.07 Å². The third-order valence-electron chi connectivity index (χ3n) is 6.05. The molecule has 1 aromatic heterocycles. The van der Waals surface area contributed by atoms with Gasteiger partial charge in [0.2, 0.25) is 15.9 Å². The smallest absolute Gasteiger partial charge is 0.243 e. The summed E-state index contributed by atoms with van der Waals surface area (Å²) in [5.74, 6) is 2.14. The van der Waals surface area contributed by atoms with Gasteiger partial charge in [-0.3, -0.25) is 4.90 Å². The van der Waals surface area contributed by atoms with Crippen molar-refractivity contribution in [1.82, 2.24) is 14.2 Å². The number of oxazole rings is 1. The molecule has 0 unspecified atom stereocenters. The zero-order chi connectivity index (χ0) is 22.9. The number of aryl methyl sites for hydroxylation is 3. The van der Waals surface area contributed by atoms with E-state index in [0.717, 1.165) is 33.9 Å². The minimum atomic E-state index is -3.48. The number of sulfonamides is 1. The molecule has 0 bridgehead atoms. The van der Waals surface area contributed by atoms with Crippen LogP contribution < -0.4 is 4.74 Å². The first-order valence-corrected chi connectivity index (χ1v) is 12.1. The molecule has 170 valence electrons. The van der Waals surface area contributed by atoms with Crippen LogP contribution in [0.15, 0.2) is 51.8 Å². The molecule has 7 nitrogen and oxygen atoms in total. The van der Waals surface area contributed by atoms with Gasteiger partial charge in [0.15, 0.2) is 0 Å². The highest BCUT2D eigenvalue weighted by molar-refractivity contribution is 7.89. The van der Waals surface area contributed by atoms with E-state index in [9.17, 15) is 8.42 Å². The number of benzene rings is 2. The average molecular weight is 456 g/mol. The molecule has 4 rings (SSSR count). The molecule has 0 N–H and O–H groups in total. The van der Waals surface area contributed by atoms with E-state index in [2.05, 4.69) is 9.88 Å². The van der Waals surface area contributed by atoms with Gasteiger partial charge in [-0.05, 0) is 68.3 Å². The zero-order valence-electron chi connectivity index (χ0n) is 19.0. The van der Waals surface area contributed by atoms with Crippen LogP contribution in [0, 0.1) is 20.8 Å². The van der Waals surface area contributed by atoms with Gasteiger partial charge >= 0.3 is 0 Å². The molecule has 1 aliphatic heterocycles. The lowest BCUT2D eigenvalue weighted by molar-refractivity contribution is 0.179. The van der Waals surface area contributed by atoms with Crippen molar-refractivity contribution in [2.24, 2.45) is 0 Å². The lowest BCUT2D eigenvalue weighted by atomic mass is 10.1. The Bertz CT molecular complexity index is 1190. The van der Waals surface area contributed by atoms with Crippen molar-refractivity contribution in [2.75, 3.05) is 33.3 Å². The van der Waals surface area contributed by atoms with Crippen molar-refractivity contribution in [3.05, 3.63) is 65.0 Å². The van der Waals surface area contributed by atoms with Crippen LogP contribution in [0.5, 0.6) is 5.75 Å². The van der Waals surface area contributed by atoms with E-state index in [4.69, 9.17) is 9.15 Å². The van der Waals surface area contributed by atoms with Crippen LogP contribution in [-0.4, -0.2) is 55.9 Å². The zero-order valence-corrected chi connectivity index (χ0v) is 19.8. The number of hydrogen-bond acceptors (Lipinski definition) is 6. The molecule has 2 heterocycles. The van der Waals surface area contributed by atoms with E-state index in [-0.39, 0.29) is 0 Å². The van der Waals surface area contributed by atoms with Gasteiger partial charge in [0, 0.05) is 38.3 Å². The number of ether oxygens (including phenoxy) is 1. The Hall–Kier alpha value is -2.68. The summed E-state index contributed by atoms with van der Waals surface area (Å²) in [6, 6.07) is 12.9. The molecule has 0 saturated carbocycles. The van der Waals surface area contributed by atoms with Gasteiger partial charge in [0.05, 0.1) is 17.7 Å². The molecule has 0 spiro atoms. The fraction of sp³-hybridized carbons (Fsp3) is 0.375. The average Bonchev–Trinajstić information content (AvgIpc) is 3.16. The molecular formula is C24H29N3O4S. The largest absolute Gasteiger partial charge is 0.497 e. The van der Waals surface area contributed by atoms with Crippen molar-refractivity contribution in [3.63, 3.8) is 0 Å². The standard InChI is InChI=1S/C24H29N3O4S/c1-17-5-10-22(15-18(17)2)32(28,29)27-13-11-26(12-14-27)16-23-19(3)31-24(25-23)20-6-8-21(30-4)9-7-20/h5-10,15H,11-14,16H2,1-4H3. The Kier molecular flexibility index (Phi) is 6.37. The van der Waals surface area contributed by atoms with Gasteiger partial charge in [0.25, 0.3) is 0 Å². The van der Waals surface area contributed by atoms with Crippen molar-refractivity contribution in [2.45, 2.75) is 32.2 Å². The maximum Gasteiger partial charge on any atom is 0.243 e. The Morgan fingerprint density at radius 3 is 2.28 bits per heavy atom. The molecule has 8 heteroatoms. The molecule has 1 saturated heterocycles. The van der Waals surface area contributed by atoms with Crippen molar-refractivity contribution < 1.29 is 17.6 Å². The molecule has 32 heavy (non-hydrogen) atoms. The maximum atomic E-state index is 13.0. The van der Waals surface area contributed by atoms with E-state index in [1.165, 1.54) is 0 Å².